The molecule has 10 nitrogen and oxygen atoms in total. The minimum Gasteiger partial charge on any atom is -0.418 e. The van der Waals surface area contributed by atoms with Gasteiger partial charge in [0.1, 0.15) is 4.88 Å². The molecule has 1 aliphatic carbocycles. The van der Waals surface area contributed by atoms with Crippen LogP contribution in [0.2, 0.25) is 5.28 Å². The maximum Gasteiger partial charge on any atom is 0.264 e. The fourth-order valence-electron chi connectivity index (χ4n) is 5.09. The van der Waals surface area contributed by atoms with Crippen LogP contribution in [0.1, 0.15) is 33.8 Å². The van der Waals surface area contributed by atoms with E-state index >= 15 is 0 Å². The standard InChI is InChI=1S/C25H24ClN7O3S/c1-35-9-8-33-7-4-14-13(11-33)23(31-24(26)30-14)36-17-10-27-19-15(29-17)2-3-16-18(19)20-21(37-16)22(34)32-25(5-6-25)12-28-20/h2-3,10,28H,4-9,11-12H2,1H3,(H,32,34). The number of fused-ring (bicyclic) bond motifs is 6. The topological polar surface area (TPSA) is 114 Å². The minimum absolute atomic E-state index is 0.0234. The van der Waals surface area contributed by atoms with Gasteiger partial charge in [0.2, 0.25) is 17.0 Å². The number of carbonyl (C=O) groups is 1. The van der Waals surface area contributed by atoms with Gasteiger partial charge in [-0.1, -0.05) is 0 Å². The lowest BCUT2D eigenvalue weighted by atomic mass is 10.1. The largest absolute Gasteiger partial charge is 0.418 e. The molecule has 0 atom stereocenters. The van der Waals surface area contributed by atoms with E-state index in [1.807, 2.05) is 12.1 Å². The van der Waals surface area contributed by atoms with E-state index in [4.69, 9.17) is 31.0 Å². The van der Waals surface area contributed by atoms with E-state index in [0.717, 1.165) is 64.9 Å². The number of anilines is 1. The predicted molar refractivity (Wildman–Crippen MR) is 141 cm³/mol. The number of nitrogens with zero attached hydrogens (tertiary/aromatic N) is 5. The molecule has 12 heteroatoms. The Balaban J connectivity index is 1.24. The number of aromatic nitrogens is 4. The summed E-state index contributed by atoms with van der Waals surface area (Å²) < 4.78 is 12.4. The second kappa shape index (κ2) is 8.73. The van der Waals surface area contributed by atoms with Crippen LogP contribution in [-0.4, -0.2) is 69.6 Å². The van der Waals surface area contributed by atoms with E-state index in [9.17, 15) is 4.79 Å². The highest BCUT2D eigenvalue weighted by Gasteiger charge is 2.46. The fourth-order valence-corrected chi connectivity index (χ4v) is 6.34. The van der Waals surface area contributed by atoms with Gasteiger partial charge in [-0.2, -0.15) is 4.98 Å². The Morgan fingerprint density at radius 2 is 2.14 bits per heavy atom. The molecule has 37 heavy (non-hydrogen) atoms. The van der Waals surface area contributed by atoms with Crippen molar-refractivity contribution in [2.24, 2.45) is 0 Å². The number of methoxy groups -OCH3 is 1. The number of thiophene rings is 1. The maximum atomic E-state index is 12.9. The number of hydrogen-bond acceptors (Lipinski definition) is 10. The van der Waals surface area contributed by atoms with E-state index in [1.54, 1.807) is 13.3 Å². The molecule has 3 aliphatic rings. The number of nitrogens with one attached hydrogen (secondary N) is 2. The van der Waals surface area contributed by atoms with Gasteiger partial charge < -0.3 is 20.1 Å². The van der Waals surface area contributed by atoms with Crippen LogP contribution < -0.4 is 15.4 Å². The Bertz CT molecular complexity index is 1570. The summed E-state index contributed by atoms with van der Waals surface area (Å²) in [5.74, 6) is 0.691. The summed E-state index contributed by atoms with van der Waals surface area (Å²) in [6, 6.07) is 3.89. The molecule has 0 saturated heterocycles. The molecule has 1 amide bonds. The third kappa shape index (κ3) is 4.06. The van der Waals surface area contributed by atoms with Gasteiger partial charge in [0.25, 0.3) is 5.91 Å². The van der Waals surface area contributed by atoms with Crippen LogP contribution in [0.5, 0.6) is 11.8 Å². The second-order valence-corrected chi connectivity index (χ2v) is 11.1. The number of halogens is 1. The monoisotopic (exact) mass is 537 g/mol. The van der Waals surface area contributed by atoms with E-state index < -0.39 is 0 Å². The Morgan fingerprint density at radius 1 is 1.24 bits per heavy atom. The second-order valence-electron chi connectivity index (χ2n) is 9.75. The third-order valence-corrected chi connectivity index (χ3v) is 8.59. The highest BCUT2D eigenvalue weighted by atomic mass is 35.5. The van der Waals surface area contributed by atoms with Crippen LogP contribution in [0.15, 0.2) is 18.3 Å². The average molecular weight is 538 g/mol. The lowest BCUT2D eigenvalue weighted by molar-refractivity contribution is 0.0942. The summed E-state index contributed by atoms with van der Waals surface area (Å²) in [6.07, 6.45) is 4.35. The first-order valence-corrected chi connectivity index (χ1v) is 13.4. The molecule has 4 aromatic rings. The van der Waals surface area contributed by atoms with E-state index in [2.05, 4.69) is 25.5 Å². The zero-order valence-electron chi connectivity index (χ0n) is 20.1. The molecule has 0 radical (unpaired) electrons. The quantitative estimate of drug-likeness (QED) is 0.367. The van der Waals surface area contributed by atoms with Gasteiger partial charge in [-0.05, 0) is 36.6 Å². The minimum atomic E-state index is -0.115. The number of carbonyl (C=O) groups excluding carboxylic acids is 1. The molecule has 0 bridgehead atoms. The van der Waals surface area contributed by atoms with Crippen molar-refractivity contribution in [1.82, 2.24) is 30.2 Å². The molecule has 190 valence electrons. The Hall–Kier alpha value is -3.12. The Kier molecular flexibility index (Phi) is 5.43. The summed E-state index contributed by atoms with van der Waals surface area (Å²) in [5.41, 5.74) is 3.91. The van der Waals surface area contributed by atoms with Gasteiger partial charge in [-0.3, -0.25) is 9.69 Å². The summed E-state index contributed by atoms with van der Waals surface area (Å²) in [6.45, 7) is 3.68. The van der Waals surface area contributed by atoms with Gasteiger partial charge in [0, 0.05) is 49.8 Å². The first kappa shape index (κ1) is 23.0. The zero-order chi connectivity index (χ0) is 25.1. The SMILES string of the molecule is COCCN1CCc2nc(Cl)nc(Oc3cnc4c(ccc5sc6c(c54)NCC4(CC4)NC6=O)n3)c2C1. The number of ether oxygens (including phenoxy) is 2. The van der Waals surface area contributed by atoms with Crippen molar-refractivity contribution in [1.29, 1.82) is 0 Å². The first-order chi connectivity index (χ1) is 18.0. The van der Waals surface area contributed by atoms with Crippen molar-refractivity contribution < 1.29 is 14.3 Å². The summed E-state index contributed by atoms with van der Waals surface area (Å²) >= 11 is 7.70. The lowest BCUT2D eigenvalue weighted by Crippen LogP contribution is -2.39. The molecule has 0 unspecified atom stereocenters. The number of rotatable bonds is 5. The van der Waals surface area contributed by atoms with E-state index in [-0.39, 0.29) is 16.7 Å². The molecule has 2 aliphatic heterocycles. The van der Waals surface area contributed by atoms with Crippen LogP contribution in [0.25, 0.3) is 21.1 Å². The normalized spacial score (nSPS) is 18.3. The molecule has 1 aromatic carbocycles. The van der Waals surface area contributed by atoms with Crippen molar-refractivity contribution in [3.8, 4) is 11.8 Å². The number of hydrogen-bond donors (Lipinski definition) is 2. The van der Waals surface area contributed by atoms with Crippen LogP contribution in [0.4, 0.5) is 5.69 Å². The van der Waals surface area contributed by atoms with E-state index in [0.29, 0.717) is 41.9 Å². The highest BCUT2D eigenvalue weighted by molar-refractivity contribution is 7.21. The molecular formula is C25H24ClN7O3S. The summed E-state index contributed by atoms with van der Waals surface area (Å²) in [4.78, 5) is 34.1. The molecule has 1 fully saturated rings. The Labute approximate surface area is 221 Å². The third-order valence-electron chi connectivity index (χ3n) is 7.27. The van der Waals surface area contributed by atoms with Gasteiger partial charge in [-0.25, -0.2) is 15.0 Å². The smallest absolute Gasteiger partial charge is 0.264 e. The predicted octanol–water partition coefficient (Wildman–Crippen LogP) is 3.77. The Morgan fingerprint density at radius 3 is 2.97 bits per heavy atom. The molecule has 5 heterocycles. The highest BCUT2D eigenvalue weighted by Crippen LogP contribution is 2.44. The molecule has 3 aromatic heterocycles. The van der Waals surface area contributed by atoms with Crippen molar-refractivity contribution in [3.63, 3.8) is 0 Å². The van der Waals surface area contributed by atoms with Crippen LogP contribution >= 0.6 is 22.9 Å². The number of amides is 1. The summed E-state index contributed by atoms with van der Waals surface area (Å²) in [7, 11) is 1.70. The van der Waals surface area contributed by atoms with Crippen molar-refractivity contribution in [2.45, 2.75) is 31.3 Å². The molecule has 2 N–H and O–H groups in total. The molecule has 1 saturated carbocycles. The van der Waals surface area contributed by atoms with Crippen LogP contribution in [-0.2, 0) is 17.7 Å². The van der Waals surface area contributed by atoms with Gasteiger partial charge in [-0.15, -0.1) is 11.3 Å². The van der Waals surface area contributed by atoms with Crippen molar-refractivity contribution in [3.05, 3.63) is 39.7 Å². The van der Waals surface area contributed by atoms with Gasteiger partial charge in [0.05, 0.1) is 46.3 Å². The van der Waals surface area contributed by atoms with E-state index in [1.165, 1.54) is 11.3 Å². The van der Waals surface area contributed by atoms with Crippen LogP contribution in [0, 0.1) is 0 Å². The van der Waals surface area contributed by atoms with Gasteiger partial charge >= 0.3 is 0 Å². The van der Waals surface area contributed by atoms with Crippen molar-refractivity contribution >= 4 is 55.7 Å². The first-order valence-electron chi connectivity index (χ1n) is 12.2. The zero-order valence-corrected chi connectivity index (χ0v) is 21.7. The molecule has 1 spiro atoms. The average Bonchev–Trinajstić information content (AvgIpc) is 3.57. The molecule has 7 rings (SSSR count). The summed E-state index contributed by atoms with van der Waals surface area (Å²) in [5, 5.41) is 7.78. The van der Waals surface area contributed by atoms with Gasteiger partial charge in [0.15, 0.2) is 0 Å². The molecular weight excluding hydrogens is 514 g/mol. The van der Waals surface area contributed by atoms with Crippen LogP contribution in [0.3, 0.4) is 0 Å². The lowest BCUT2D eigenvalue weighted by Gasteiger charge is -2.28. The van der Waals surface area contributed by atoms with Crippen molar-refractivity contribution in [2.75, 3.05) is 38.7 Å². The number of benzene rings is 1. The fraction of sp³-hybridized carbons (Fsp3) is 0.400. The maximum absolute atomic E-state index is 12.9.